The second-order valence-electron chi connectivity index (χ2n) is 10.8. The van der Waals surface area contributed by atoms with Crippen molar-refractivity contribution < 1.29 is 28.9 Å². The first kappa shape index (κ1) is 30.2. The van der Waals surface area contributed by atoms with Gasteiger partial charge in [0.25, 0.3) is 5.91 Å². The number of hydrogen-bond acceptors (Lipinski definition) is 8. The van der Waals surface area contributed by atoms with Crippen molar-refractivity contribution in [2.75, 3.05) is 12.4 Å². The number of amides is 1. The summed E-state index contributed by atoms with van der Waals surface area (Å²) in [7, 11) is 1.34. The zero-order chi connectivity index (χ0) is 31.3. The number of thiazole rings is 1. The van der Waals surface area contributed by atoms with Crippen molar-refractivity contribution in [3.05, 3.63) is 131 Å². The fourth-order valence-electron chi connectivity index (χ4n) is 5.11. The molecule has 5 aromatic rings. The van der Waals surface area contributed by atoms with Crippen LogP contribution in [0.15, 0.2) is 103 Å². The average molecular weight is 621 g/mol. The average Bonchev–Trinajstić information content (AvgIpc) is 3.50. The van der Waals surface area contributed by atoms with Crippen LogP contribution < -0.4 is 5.32 Å². The van der Waals surface area contributed by atoms with Crippen LogP contribution in [-0.4, -0.2) is 35.4 Å². The highest BCUT2D eigenvalue weighted by Crippen LogP contribution is 2.34. The van der Waals surface area contributed by atoms with Crippen molar-refractivity contribution in [2.24, 2.45) is 0 Å². The summed E-state index contributed by atoms with van der Waals surface area (Å²) in [6.45, 7) is 2.31. The summed E-state index contributed by atoms with van der Waals surface area (Å²) in [5.74, 6) is -0.857. The Kier molecular flexibility index (Phi) is 9.02. The molecule has 9 heteroatoms. The Balaban J connectivity index is 1.19. The molecule has 228 valence electrons. The number of benzene rings is 4. The Bertz CT molecular complexity index is 1850. The molecule has 0 saturated heterocycles. The van der Waals surface area contributed by atoms with E-state index in [0.29, 0.717) is 17.7 Å². The zero-order valence-electron chi connectivity index (χ0n) is 24.9. The molecule has 1 aliphatic rings. The zero-order valence-corrected chi connectivity index (χ0v) is 25.7. The smallest absolute Gasteiger partial charge is 0.337 e. The second-order valence-corrected chi connectivity index (χ2v) is 11.9. The Morgan fingerprint density at radius 2 is 1.71 bits per heavy atom. The van der Waals surface area contributed by atoms with Crippen molar-refractivity contribution in [3.8, 4) is 10.6 Å². The standard InChI is InChI=1S/C36H32N2O6S/c1-22-3-16-30-32(17-22)45-35(38-30)26-12-14-29(15-13-26)37-34(40)31-18-28(25-8-10-27(11-9-25)36(41)42-2)19-33(44-31)43-21-24-6-4-23(20-39)5-7-24/h3-18,28,33,39H,19-21H2,1-2H3,(H,37,40). The van der Waals surface area contributed by atoms with Crippen LogP contribution in [0, 0.1) is 6.92 Å². The summed E-state index contributed by atoms with van der Waals surface area (Å²) in [4.78, 5) is 30.2. The van der Waals surface area contributed by atoms with Gasteiger partial charge in [0.2, 0.25) is 6.29 Å². The van der Waals surface area contributed by atoms with E-state index in [2.05, 4.69) is 24.4 Å². The summed E-state index contributed by atoms with van der Waals surface area (Å²) in [6, 6.07) is 28.4. The number of anilines is 1. The molecule has 2 unspecified atom stereocenters. The van der Waals surface area contributed by atoms with E-state index in [1.807, 2.05) is 66.7 Å². The fraction of sp³-hybridized carbons (Fsp3) is 0.194. The predicted molar refractivity (Wildman–Crippen MR) is 174 cm³/mol. The van der Waals surface area contributed by atoms with E-state index in [-0.39, 0.29) is 24.9 Å². The number of nitrogens with one attached hydrogen (secondary N) is 1. The van der Waals surface area contributed by atoms with Crippen molar-refractivity contribution in [3.63, 3.8) is 0 Å². The van der Waals surface area contributed by atoms with Crippen LogP contribution in [0.25, 0.3) is 20.8 Å². The Morgan fingerprint density at radius 3 is 2.42 bits per heavy atom. The maximum absolute atomic E-state index is 13.5. The molecule has 0 saturated carbocycles. The maximum atomic E-state index is 13.5. The first-order valence-corrected chi connectivity index (χ1v) is 15.4. The van der Waals surface area contributed by atoms with Crippen LogP contribution in [-0.2, 0) is 32.2 Å². The highest BCUT2D eigenvalue weighted by Gasteiger charge is 2.29. The first-order valence-electron chi connectivity index (χ1n) is 14.5. The summed E-state index contributed by atoms with van der Waals surface area (Å²) in [6.07, 6.45) is 1.57. The number of nitrogens with zero attached hydrogens (tertiary/aromatic N) is 1. The molecule has 2 N–H and O–H groups in total. The van der Waals surface area contributed by atoms with Gasteiger partial charge in [-0.3, -0.25) is 4.79 Å². The molecular formula is C36H32N2O6S. The lowest BCUT2D eigenvalue weighted by Gasteiger charge is -2.29. The van der Waals surface area contributed by atoms with E-state index >= 15 is 0 Å². The van der Waals surface area contributed by atoms with E-state index in [9.17, 15) is 14.7 Å². The van der Waals surface area contributed by atoms with Crippen LogP contribution in [0.4, 0.5) is 5.69 Å². The number of rotatable bonds is 9. The number of aliphatic hydroxyl groups is 1. The minimum atomic E-state index is -0.691. The van der Waals surface area contributed by atoms with Crippen molar-refractivity contribution in [1.29, 1.82) is 0 Å². The predicted octanol–water partition coefficient (Wildman–Crippen LogP) is 7.12. The molecule has 0 spiro atoms. The molecule has 45 heavy (non-hydrogen) atoms. The number of fused-ring (bicyclic) bond motifs is 1. The number of allylic oxidation sites excluding steroid dienone is 1. The number of carbonyl (C=O) groups is 2. The quantitative estimate of drug-likeness (QED) is 0.169. The van der Waals surface area contributed by atoms with Crippen LogP contribution in [0.1, 0.15) is 45.0 Å². The van der Waals surface area contributed by atoms with Gasteiger partial charge >= 0.3 is 5.97 Å². The summed E-state index contributed by atoms with van der Waals surface area (Å²) in [5, 5.41) is 13.2. The minimum absolute atomic E-state index is 0.0307. The van der Waals surface area contributed by atoms with Gasteiger partial charge in [0, 0.05) is 23.6 Å². The van der Waals surface area contributed by atoms with Gasteiger partial charge in [0.05, 0.1) is 36.1 Å². The third kappa shape index (κ3) is 7.12. The van der Waals surface area contributed by atoms with Crippen molar-refractivity contribution >= 4 is 39.1 Å². The topological polar surface area (TPSA) is 107 Å². The van der Waals surface area contributed by atoms with Gasteiger partial charge in [-0.25, -0.2) is 9.78 Å². The number of hydrogen-bond donors (Lipinski definition) is 2. The molecule has 0 aliphatic carbocycles. The molecule has 2 heterocycles. The van der Waals surface area contributed by atoms with E-state index in [1.165, 1.54) is 12.7 Å². The normalized spacial score (nSPS) is 16.1. The molecule has 1 aromatic heterocycles. The number of ether oxygens (including phenoxy) is 3. The highest BCUT2D eigenvalue weighted by atomic mass is 32.1. The third-order valence-corrected chi connectivity index (χ3v) is 8.68. The molecule has 8 nitrogen and oxygen atoms in total. The monoisotopic (exact) mass is 620 g/mol. The molecular weight excluding hydrogens is 588 g/mol. The van der Waals surface area contributed by atoms with E-state index in [4.69, 9.17) is 19.2 Å². The van der Waals surface area contributed by atoms with Crippen molar-refractivity contribution in [2.45, 2.75) is 38.8 Å². The van der Waals surface area contributed by atoms with E-state index < -0.39 is 18.2 Å². The van der Waals surface area contributed by atoms with Gasteiger partial charge in [-0.05, 0) is 83.8 Å². The molecule has 0 bridgehead atoms. The van der Waals surface area contributed by atoms with Crippen LogP contribution in [0.3, 0.4) is 0 Å². The number of aromatic nitrogens is 1. The molecule has 2 atom stereocenters. The second kappa shape index (κ2) is 13.4. The molecule has 1 amide bonds. The lowest BCUT2D eigenvalue weighted by molar-refractivity contribution is -0.147. The van der Waals surface area contributed by atoms with Gasteiger partial charge in [0.1, 0.15) is 5.01 Å². The van der Waals surface area contributed by atoms with Gasteiger partial charge in [-0.1, -0.05) is 42.5 Å². The number of carbonyl (C=O) groups excluding carboxylic acids is 2. The van der Waals surface area contributed by atoms with Gasteiger partial charge in [-0.2, -0.15) is 0 Å². The molecule has 1 aliphatic heterocycles. The largest absolute Gasteiger partial charge is 0.465 e. The summed E-state index contributed by atoms with van der Waals surface area (Å²) >= 11 is 1.64. The lowest BCUT2D eigenvalue weighted by Crippen LogP contribution is -2.29. The van der Waals surface area contributed by atoms with Crippen molar-refractivity contribution in [1.82, 2.24) is 4.98 Å². The fourth-order valence-corrected chi connectivity index (χ4v) is 6.18. The molecule has 6 rings (SSSR count). The van der Waals surface area contributed by atoms with E-state index in [0.717, 1.165) is 37.5 Å². The first-order chi connectivity index (χ1) is 21.9. The number of methoxy groups -OCH3 is 1. The van der Waals surface area contributed by atoms with Gasteiger partial charge in [0.15, 0.2) is 5.76 Å². The SMILES string of the molecule is COC(=O)c1ccc(C2C=C(C(=O)Nc3ccc(-c4nc5ccc(C)cc5s4)cc3)OC(OCc3ccc(CO)cc3)C2)cc1. The molecule has 0 fully saturated rings. The number of esters is 1. The van der Waals surface area contributed by atoms with Crippen LogP contribution in [0.5, 0.6) is 0 Å². The molecule has 4 aromatic carbocycles. The van der Waals surface area contributed by atoms with Gasteiger partial charge < -0.3 is 24.6 Å². The summed E-state index contributed by atoms with van der Waals surface area (Å²) < 4.78 is 18.1. The van der Waals surface area contributed by atoms with Crippen LogP contribution >= 0.6 is 11.3 Å². The minimum Gasteiger partial charge on any atom is -0.465 e. The van der Waals surface area contributed by atoms with Crippen LogP contribution in [0.2, 0.25) is 0 Å². The Labute approximate surface area is 264 Å². The molecule has 0 radical (unpaired) electrons. The Morgan fingerprint density at radius 1 is 0.978 bits per heavy atom. The maximum Gasteiger partial charge on any atom is 0.337 e. The summed E-state index contributed by atoms with van der Waals surface area (Å²) in [5.41, 5.74) is 6.83. The number of aryl methyl sites for hydroxylation is 1. The Hall–Kier alpha value is -4.83. The lowest BCUT2D eigenvalue weighted by atomic mass is 9.92. The highest BCUT2D eigenvalue weighted by molar-refractivity contribution is 7.21. The number of aliphatic hydroxyl groups excluding tert-OH is 1. The van der Waals surface area contributed by atoms with E-state index in [1.54, 1.807) is 29.5 Å². The van der Waals surface area contributed by atoms with Gasteiger partial charge in [-0.15, -0.1) is 11.3 Å². The third-order valence-electron chi connectivity index (χ3n) is 7.62.